The molecule has 1 aromatic rings. The van der Waals surface area contributed by atoms with Crippen molar-refractivity contribution in [3.63, 3.8) is 0 Å². The van der Waals surface area contributed by atoms with E-state index in [4.69, 9.17) is 0 Å². The van der Waals surface area contributed by atoms with Crippen molar-refractivity contribution in [2.45, 2.75) is 59.2 Å². The molecule has 108 valence electrons. The second-order valence-corrected chi connectivity index (χ2v) is 5.20. The maximum Gasteiger partial charge on any atom is 0.323 e. The molecule has 0 aromatic carbocycles. The van der Waals surface area contributed by atoms with Crippen LogP contribution in [0.15, 0.2) is 6.33 Å². The van der Waals surface area contributed by atoms with Gasteiger partial charge in [-0.1, -0.05) is 27.7 Å². The number of rotatable bonds is 8. The predicted octanol–water partition coefficient (Wildman–Crippen LogP) is 1.67. The molecular weight excluding hydrogens is 244 g/mol. The molecule has 6 heteroatoms. The van der Waals surface area contributed by atoms with Crippen molar-refractivity contribution in [1.82, 2.24) is 20.1 Å². The molecule has 0 atom stereocenters. The first-order chi connectivity index (χ1) is 8.95. The number of hydrogen-bond acceptors (Lipinski definition) is 4. The third-order valence-electron chi connectivity index (χ3n) is 3.44. The van der Waals surface area contributed by atoms with Gasteiger partial charge in [-0.2, -0.15) is 5.10 Å². The van der Waals surface area contributed by atoms with Crippen molar-refractivity contribution in [3.05, 3.63) is 12.2 Å². The molecule has 1 heterocycles. The van der Waals surface area contributed by atoms with Crippen molar-refractivity contribution >= 4 is 5.97 Å². The van der Waals surface area contributed by atoms with E-state index in [2.05, 4.69) is 29.2 Å². The highest BCUT2D eigenvalue weighted by molar-refractivity contribution is 5.78. The normalized spacial score (nSPS) is 12.1. The fraction of sp³-hybridized carbons (Fsp3) is 0.769. The number of aliphatic carboxylic acids is 1. The number of nitrogens with one attached hydrogen (secondary N) is 1. The van der Waals surface area contributed by atoms with Gasteiger partial charge < -0.3 is 5.11 Å². The average Bonchev–Trinajstić information content (AvgIpc) is 2.77. The van der Waals surface area contributed by atoms with E-state index < -0.39 is 11.5 Å². The molecule has 0 radical (unpaired) electrons. The van der Waals surface area contributed by atoms with Crippen molar-refractivity contribution in [3.8, 4) is 0 Å². The van der Waals surface area contributed by atoms with Crippen LogP contribution in [0.1, 0.15) is 46.4 Å². The van der Waals surface area contributed by atoms with E-state index in [1.54, 1.807) is 0 Å². The van der Waals surface area contributed by atoms with Gasteiger partial charge in [0.1, 0.15) is 17.7 Å². The third kappa shape index (κ3) is 3.76. The van der Waals surface area contributed by atoms with Gasteiger partial charge in [0.05, 0.1) is 6.54 Å². The van der Waals surface area contributed by atoms with Gasteiger partial charge in [-0.15, -0.1) is 0 Å². The molecule has 0 fully saturated rings. The van der Waals surface area contributed by atoms with Gasteiger partial charge in [-0.05, 0) is 18.8 Å². The first-order valence-electron chi connectivity index (χ1n) is 6.80. The van der Waals surface area contributed by atoms with Crippen molar-refractivity contribution in [2.24, 2.45) is 5.92 Å². The van der Waals surface area contributed by atoms with Crippen LogP contribution < -0.4 is 5.32 Å². The largest absolute Gasteiger partial charge is 0.480 e. The Labute approximate surface area is 114 Å². The van der Waals surface area contributed by atoms with Gasteiger partial charge >= 0.3 is 5.97 Å². The summed E-state index contributed by atoms with van der Waals surface area (Å²) in [6, 6.07) is 0. The average molecular weight is 268 g/mol. The first-order valence-corrected chi connectivity index (χ1v) is 6.80. The summed E-state index contributed by atoms with van der Waals surface area (Å²) in [5, 5.41) is 16.7. The molecule has 1 rings (SSSR count). The van der Waals surface area contributed by atoms with Crippen molar-refractivity contribution in [1.29, 1.82) is 0 Å². The van der Waals surface area contributed by atoms with Crippen LogP contribution >= 0.6 is 0 Å². The van der Waals surface area contributed by atoms with Crippen LogP contribution in [0.3, 0.4) is 0 Å². The van der Waals surface area contributed by atoms with Crippen LogP contribution in [-0.4, -0.2) is 31.4 Å². The van der Waals surface area contributed by atoms with E-state index in [0.29, 0.717) is 25.3 Å². The predicted molar refractivity (Wildman–Crippen MR) is 72.6 cm³/mol. The van der Waals surface area contributed by atoms with Crippen LogP contribution in [0.5, 0.6) is 0 Å². The van der Waals surface area contributed by atoms with Gasteiger partial charge in [0.2, 0.25) is 0 Å². The summed E-state index contributed by atoms with van der Waals surface area (Å²) < 4.78 is 1.83. The van der Waals surface area contributed by atoms with E-state index in [9.17, 15) is 9.90 Å². The minimum Gasteiger partial charge on any atom is -0.480 e. The lowest BCUT2D eigenvalue weighted by atomic mass is 9.93. The molecular formula is C13H24N4O2. The maximum atomic E-state index is 11.4. The highest BCUT2D eigenvalue weighted by Crippen LogP contribution is 2.16. The van der Waals surface area contributed by atoms with Crippen LogP contribution in [0, 0.1) is 5.92 Å². The van der Waals surface area contributed by atoms with Gasteiger partial charge in [0.25, 0.3) is 0 Å². The topological polar surface area (TPSA) is 80.0 Å². The Morgan fingerprint density at radius 2 is 2.11 bits per heavy atom. The molecule has 0 unspecified atom stereocenters. The van der Waals surface area contributed by atoms with Gasteiger partial charge in [0.15, 0.2) is 0 Å². The van der Waals surface area contributed by atoms with Crippen LogP contribution in [0.4, 0.5) is 0 Å². The Kier molecular flexibility index (Phi) is 5.47. The SMILES string of the molecule is CCC(CC)(NCc1ncnn1CC(C)C)C(=O)O. The third-order valence-corrected chi connectivity index (χ3v) is 3.44. The molecule has 2 N–H and O–H groups in total. The number of carboxylic acids is 1. The van der Waals surface area contributed by atoms with E-state index in [1.165, 1.54) is 6.33 Å². The lowest BCUT2D eigenvalue weighted by Crippen LogP contribution is -2.51. The van der Waals surface area contributed by atoms with Gasteiger partial charge in [-0.3, -0.25) is 10.1 Å². The molecule has 0 spiro atoms. The number of nitrogens with zero attached hydrogens (tertiary/aromatic N) is 3. The fourth-order valence-corrected chi connectivity index (χ4v) is 2.05. The summed E-state index contributed by atoms with van der Waals surface area (Å²) in [4.78, 5) is 15.6. The molecule has 0 saturated heterocycles. The van der Waals surface area contributed by atoms with E-state index >= 15 is 0 Å². The summed E-state index contributed by atoms with van der Waals surface area (Å²) in [5.74, 6) is 0.440. The second kappa shape index (κ2) is 6.65. The number of aromatic nitrogens is 3. The summed E-state index contributed by atoms with van der Waals surface area (Å²) >= 11 is 0. The molecule has 1 aromatic heterocycles. The summed E-state index contributed by atoms with van der Waals surface area (Å²) in [6.07, 6.45) is 2.59. The van der Waals surface area contributed by atoms with E-state index in [0.717, 1.165) is 12.4 Å². The summed E-state index contributed by atoms with van der Waals surface area (Å²) in [6.45, 7) is 9.18. The van der Waals surface area contributed by atoms with Crippen LogP contribution in [0.25, 0.3) is 0 Å². The standard InChI is InChI=1S/C13H24N4O2/c1-5-13(6-2,12(18)19)15-7-11-14-9-16-17(11)8-10(3)4/h9-10,15H,5-8H2,1-4H3,(H,18,19). The Bertz CT molecular complexity index is 411. The molecule has 6 nitrogen and oxygen atoms in total. The Hall–Kier alpha value is -1.43. The highest BCUT2D eigenvalue weighted by atomic mass is 16.4. The lowest BCUT2D eigenvalue weighted by Gasteiger charge is -2.28. The van der Waals surface area contributed by atoms with Crippen molar-refractivity contribution in [2.75, 3.05) is 0 Å². The Balaban J connectivity index is 2.75. The monoisotopic (exact) mass is 268 g/mol. The molecule has 0 amide bonds. The molecule has 0 bridgehead atoms. The zero-order valence-electron chi connectivity index (χ0n) is 12.2. The molecule has 0 aliphatic heterocycles. The first kappa shape index (κ1) is 15.6. The zero-order chi connectivity index (χ0) is 14.5. The number of carboxylic acid groups (broad SMARTS) is 1. The zero-order valence-corrected chi connectivity index (χ0v) is 12.2. The molecule has 0 aliphatic rings. The van der Waals surface area contributed by atoms with E-state index in [1.807, 2.05) is 18.5 Å². The number of hydrogen-bond donors (Lipinski definition) is 2. The number of carbonyl (C=O) groups is 1. The Morgan fingerprint density at radius 3 is 2.58 bits per heavy atom. The maximum absolute atomic E-state index is 11.4. The highest BCUT2D eigenvalue weighted by Gasteiger charge is 2.34. The van der Waals surface area contributed by atoms with Crippen molar-refractivity contribution < 1.29 is 9.90 Å². The quantitative estimate of drug-likeness (QED) is 0.749. The fourth-order valence-electron chi connectivity index (χ4n) is 2.05. The summed E-state index contributed by atoms with van der Waals surface area (Å²) in [7, 11) is 0. The molecule has 0 saturated carbocycles. The van der Waals surface area contributed by atoms with Gasteiger partial charge in [0, 0.05) is 6.54 Å². The minimum atomic E-state index is -0.880. The van der Waals surface area contributed by atoms with Crippen LogP contribution in [-0.2, 0) is 17.9 Å². The molecule has 19 heavy (non-hydrogen) atoms. The second-order valence-electron chi connectivity index (χ2n) is 5.20. The Morgan fingerprint density at radius 1 is 1.47 bits per heavy atom. The minimum absolute atomic E-state index is 0.417. The van der Waals surface area contributed by atoms with Crippen LogP contribution in [0.2, 0.25) is 0 Å². The lowest BCUT2D eigenvalue weighted by molar-refractivity contribution is -0.145. The molecule has 0 aliphatic carbocycles. The smallest absolute Gasteiger partial charge is 0.323 e. The summed E-state index contributed by atoms with van der Waals surface area (Å²) in [5.41, 5.74) is -0.880. The van der Waals surface area contributed by atoms with E-state index in [-0.39, 0.29) is 0 Å². The van der Waals surface area contributed by atoms with Gasteiger partial charge in [-0.25, -0.2) is 9.67 Å².